The number of hydrogen-bond donors (Lipinski definition) is 0. The fraction of sp³-hybridized carbons (Fsp3) is 0.0385. The smallest absolute Gasteiger partial charge is 0.124 e. The number of aromatic nitrogens is 3. The topological polar surface area (TPSA) is 22.8 Å². The van der Waals surface area contributed by atoms with Gasteiger partial charge in [-0.05, 0) is 42.5 Å². The summed E-state index contributed by atoms with van der Waals surface area (Å²) in [6, 6.07) is 32.5. The molecule has 0 unspecified atom stereocenters. The van der Waals surface area contributed by atoms with E-state index in [0.29, 0.717) is 0 Å². The molecule has 0 N–H and O–H groups in total. The molecule has 2 aromatic heterocycles. The number of rotatable bonds is 1. The van der Waals surface area contributed by atoms with Crippen molar-refractivity contribution in [1.82, 2.24) is 14.1 Å². The van der Waals surface area contributed by atoms with Gasteiger partial charge in [-0.15, -0.1) is 11.8 Å². The van der Waals surface area contributed by atoms with Crippen LogP contribution in [0, 0.1) is 0 Å². The van der Waals surface area contributed by atoms with E-state index in [4.69, 9.17) is 4.98 Å². The minimum absolute atomic E-state index is 0.899. The normalized spacial score (nSPS) is 13.1. The van der Waals surface area contributed by atoms with Crippen molar-refractivity contribution < 1.29 is 0 Å². The number of para-hydroxylation sites is 3. The molecule has 0 radical (unpaired) electrons. The first-order valence-corrected chi connectivity index (χ1v) is 11.1. The minimum atomic E-state index is 0.899. The van der Waals surface area contributed by atoms with Crippen LogP contribution in [0.2, 0.25) is 0 Å². The molecule has 0 saturated heterocycles. The maximum atomic E-state index is 4.93. The van der Waals surface area contributed by atoms with Crippen LogP contribution in [0.25, 0.3) is 44.2 Å². The van der Waals surface area contributed by atoms with Gasteiger partial charge in [-0.1, -0.05) is 48.5 Å². The largest absolute Gasteiger partial charge is 0.309 e. The number of thioether (sulfide) groups is 1. The van der Waals surface area contributed by atoms with Crippen LogP contribution >= 0.6 is 11.8 Å². The summed E-state index contributed by atoms with van der Waals surface area (Å²) in [5.41, 5.74) is 7.06. The maximum Gasteiger partial charge on any atom is 0.124 e. The molecule has 7 rings (SSSR count). The Morgan fingerprint density at radius 1 is 0.667 bits per heavy atom. The summed E-state index contributed by atoms with van der Waals surface area (Å²) in [7, 11) is 0. The molecule has 4 aromatic carbocycles. The van der Waals surface area contributed by atoms with Crippen LogP contribution in [0.3, 0.4) is 0 Å². The van der Waals surface area contributed by atoms with Crippen LogP contribution < -0.4 is 0 Å². The highest BCUT2D eigenvalue weighted by Gasteiger charge is 2.21. The lowest BCUT2D eigenvalue weighted by atomic mass is 10.2. The zero-order valence-electron chi connectivity index (χ0n) is 16.1. The van der Waals surface area contributed by atoms with Crippen molar-refractivity contribution in [2.45, 2.75) is 10.6 Å². The quantitative estimate of drug-likeness (QED) is 0.304. The summed E-state index contributed by atoms with van der Waals surface area (Å²) in [5, 5.41) is 2.57. The van der Waals surface area contributed by atoms with Gasteiger partial charge in [-0.2, -0.15) is 0 Å². The molecule has 30 heavy (non-hydrogen) atoms. The summed E-state index contributed by atoms with van der Waals surface area (Å²) in [6.07, 6.45) is 0. The van der Waals surface area contributed by atoms with Gasteiger partial charge in [0, 0.05) is 21.4 Å². The van der Waals surface area contributed by atoms with Gasteiger partial charge in [0.2, 0.25) is 0 Å². The molecule has 142 valence electrons. The van der Waals surface area contributed by atoms with Gasteiger partial charge in [0.25, 0.3) is 0 Å². The van der Waals surface area contributed by atoms with Gasteiger partial charge in [-0.25, -0.2) is 4.98 Å². The third kappa shape index (κ3) is 2.14. The van der Waals surface area contributed by atoms with Crippen molar-refractivity contribution in [3.63, 3.8) is 0 Å². The predicted molar refractivity (Wildman–Crippen MR) is 125 cm³/mol. The Morgan fingerprint density at radius 2 is 1.37 bits per heavy atom. The molecule has 0 spiro atoms. The molecule has 3 nitrogen and oxygen atoms in total. The van der Waals surface area contributed by atoms with Gasteiger partial charge in [0.15, 0.2) is 0 Å². The van der Waals surface area contributed by atoms with Crippen LogP contribution in [0.4, 0.5) is 0 Å². The van der Waals surface area contributed by atoms with Crippen molar-refractivity contribution in [1.29, 1.82) is 0 Å². The number of hydrogen-bond acceptors (Lipinski definition) is 2. The minimum Gasteiger partial charge on any atom is -0.309 e. The molecule has 6 aromatic rings. The summed E-state index contributed by atoms with van der Waals surface area (Å²) in [4.78, 5) is 6.24. The SMILES string of the molecule is c1ccc2c(c1)SCc1nc3ccc(-n4c5ccccc5c5ccccc54)cc3n1-2. The summed E-state index contributed by atoms with van der Waals surface area (Å²) >= 11 is 1.86. The zero-order valence-corrected chi connectivity index (χ0v) is 16.9. The van der Waals surface area contributed by atoms with E-state index in [1.54, 1.807) is 0 Å². The van der Waals surface area contributed by atoms with E-state index in [1.165, 1.54) is 38.1 Å². The molecule has 0 aliphatic carbocycles. The van der Waals surface area contributed by atoms with Crippen LogP contribution in [0.15, 0.2) is 95.9 Å². The molecular formula is C26H17N3S. The second-order valence-corrected chi connectivity index (χ2v) is 8.68. The Bertz CT molecular complexity index is 1550. The highest BCUT2D eigenvalue weighted by molar-refractivity contribution is 7.98. The molecular weight excluding hydrogens is 386 g/mol. The summed E-state index contributed by atoms with van der Waals surface area (Å²) in [6.45, 7) is 0. The maximum absolute atomic E-state index is 4.93. The van der Waals surface area contributed by atoms with E-state index in [1.807, 2.05) is 11.8 Å². The molecule has 0 atom stereocenters. The fourth-order valence-corrected chi connectivity index (χ4v) is 5.69. The Hall–Kier alpha value is -3.50. The fourth-order valence-electron chi connectivity index (χ4n) is 4.73. The average molecular weight is 404 g/mol. The van der Waals surface area contributed by atoms with Gasteiger partial charge < -0.3 is 4.57 Å². The van der Waals surface area contributed by atoms with Crippen molar-refractivity contribution in [2.75, 3.05) is 0 Å². The molecule has 4 heteroatoms. The first kappa shape index (κ1) is 16.3. The number of fused-ring (bicyclic) bond motifs is 8. The van der Waals surface area contributed by atoms with Crippen molar-refractivity contribution in [3.8, 4) is 11.4 Å². The Balaban J connectivity index is 1.56. The second kappa shape index (κ2) is 6.00. The Morgan fingerprint density at radius 3 is 2.17 bits per heavy atom. The highest BCUT2D eigenvalue weighted by Crippen LogP contribution is 2.38. The monoisotopic (exact) mass is 403 g/mol. The van der Waals surface area contributed by atoms with Crippen LogP contribution in [-0.4, -0.2) is 14.1 Å². The third-order valence-electron chi connectivity index (χ3n) is 6.01. The number of nitrogens with zero attached hydrogens (tertiary/aromatic N) is 3. The van der Waals surface area contributed by atoms with E-state index >= 15 is 0 Å². The molecule has 1 aliphatic rings. The molecule has 0 amide bonds. The zero-order chi connectivity index (χ0) is 19.7. The molecule has 0 saturated carbocycles. The standard InChI is InChI=1S/C26H17N3S/c1-3-9-21-18(7-1)19-8-2-4-10-22(19)28(21)17-13-14-20-24(15-17)29-23-11-5-6-12-25(23)30-16-26(29)27-20/h1-15H,16H2. The van der Waals surface area contributed by atoms with Gasteiger partial charge in [0.05, 0.1) is 33.5 Å². The predicted octanol–water partition coefficient (Wildman–Crippen LogP) is 6.73. The van der Waals surface area contributed by atoms with Crippen LogP contribution in [-0.2, 0) is 5.75 Å². The van der Waals surface area contributed by atoms with Gasteiger partial charge in [0.1, 0.15) is 5.82 Å². The lowest BCUT2D eigenvalue weighted by Gasteiger charge is -2.18. The van der Waals surface area contributed by atoms with Gasteiger partial charge >= 0.3 is 0 Å². The molecule has 0 fully saturated rings. The van der Waals surface area contributed by atoms with Crippen molar-refractivity contribution >= 4 is 44.6 Å². The van der Waals surface area contributed by atoms with E-state index in [9.17, 15) is 0 Å². The first-order valence-electron chi connectivity index (χ1n) is 10.1. The first-order chi connectivity index (χ1) is 14.9. The van der Waals surface area contributed by atoms with Gasteiger partial charge in [-0.3, -0.25) is 4.57 Å². The lowest BCUT2D eigenvalue weighted by molar-refractivity contribution is 0.945. The summed E-state index contributed by atoms with van der Waals surface area (Å²) < 4.78 is 4.70. The third-order valence-corrected chi connectivity index (χ3v) is 7.07. The van der Waals surface area contributed by atoms with Crippen molar-refractivity contribution in [2.24, 2.45) is 0 Å². The van der Waals surface area contributed by atoms with E-state index < -0.39 is 0 Å². The van der Waals surface area contributed by atoms with E-state index in [-0.39, 0.29) is 0 Å². The molecule has 3 heterocycles. The highest BCUT2D eigenvalue weighted by atomic mass is 32.2. The Kier molecular flexibility index (Phi) is 3.26. The molecule has 0 bridgehead atoms. The van der Waals surface area contributed by atoms with E-state index in [2.05, 4.69) is 100 Å². The average Bonchev–Trinajstić information content (AvgIpc) is 3.34. The number of imidazole rings is 1. The summed E-state index contributed by atoms with van der Waals surface area (Å²) in [5.74, 6) is 2.02. The van der Waals surface area contributed by atoms with Crippen LogP contribution in [0.1, 0.15) is 5.82 Å². The van der Waals surface area contributed by atoms with Crippen molar-refractivity contribution in [3.05, 3.63) is 96.8 Å². The molecule has 1 aliphatic heterocycles. The number of benzene rings is 4. The van der Waals surface area contributed by atoms with Crippen LogP contribution in [0.5, 0.6) is 0 Å². The second-order valence-electron chi connectivity index (χ2n) is 7.66. The lowest BCUT2D eigenvalue weighted by Crippen LogP contribution is -2.06. The Labute approximate surface area is 177 Å². The van der Waals surface area contributed by atoms with E-state index in [0.717, 1.165) is 22.6 Å².